The maximum absolute atomic E-state index is 15.0. The second-order valence-corrected chi connectivity index (χ2v) is 8.15. The van der Waals surface area contributed by atoms with Crippen LogP contribution >= 0.6 is 24.0 Å². The van der Waals surface area contributed by atoms with Crippen molar-refractivity contribution in [3.63, 3.8) is 0 Å². The molecule has 1 fully saturated rings. The highest BCUT2D eigenvalue weighted by Gasteiger charge is 2.41. The first-order chi connectivity index (χ1) is 15.2. The average Bonchev–Trinajstić information content (AvgIpc) is 3.10. The molecule has 0 saturated carbocycles. The van der Waals surface area contributed by atoms with E-state index in [1.54, 1.807) is 0 Å². The molecule has 1 aliphatic heterocycles. The van der Waals surface area contributed by atoms with Crippen molar-refractivity contribution in [2.75, 3.05) is 33.2 Å². The summed E-state index contributed by atoms with van der Waals surface area (Å²) in [5.74, 6) is -0.637. The molecule has 4 rings (SSSR count). The maximum Gasteiger partial charge on any atom is 0.334 e. The van der Waals surface area contributed by atoms with Crippen LogP contribution in [0.5, 0.6) is 11.8 Å². The Hall–Kier alpha value is -3.39. The summed E-state index contributed by atoms with van der Waals surface area (Å²) < 4.78 is 26.7. The molecule has 3 heterocycles. The molecular weight excluding hydrogens is 463 g/mol. The predicted octanol–water partition coefficient (Wildman–Crippen LogP) is 2.14. The molecule has 0 spiro atoms. The summed E-state index contributed by atoms with van der Waals surface area (Å²) in [6.07, 6.45) is 0. The van der Waals surface area contributed by atoms with Gasteiger partial charge in [-0.2, -0.15) is 9.97 Å². The fraction of sp³-hybridized carbons (Fsp3) is 0.278. The minimum atomic E-state index is -0.851. The van der Waals surface area contributed by atoms with E-state index in [1.807, 2.05) is 0 Å². The van der Waals surface area contributed by atoms with Crippen molar-refractivity contribution in [2.24, 2.45) is 0 Å². The topological polar surface area (TPSA) is 110 Å². The summed E-state index contributed by atoms with van der Waals surface area (Å²) in [6, 6.07) is 2.20. The van der Waals surface area contributed by atoms with Gasteiger partial charge in [0.2, 0.25) is 17.7 Å². The van der Waals surface area contributed by atoms with Crippen molar-refractivity contribution in [1.29, 1.82) is 0 Å². The fourth-order valence-corrected chi connectivity index (χ4v) is 4.22. The Morgan fingerprint density at radius 1 is 1.00 bits per heavy atom. The zero-order valence-corrected chi connectivity index (χ0v) is 19.0. The molecule has 1 aliphatic rings. The van der Waals surface area contributed by atoms with Gasteiger partial charge in [-0.3, -0.25) is 14.6 Å². The number of carbonyl (C=O) groups excluding carboxylic acids is 2. The number of carbonyl (C=O) groups is 2. The minimum absolute atomic E-state index is 0.0732. The van der Waals surface area contributed by atoms with E-state index in [4.69, 9.17) is 9.47 Å². The summed E-state index contributed by atoms with van der Waals surface area (Å²) in [6.45, 7) is 0. The third-order valence-corrected chi connectivity index (χ3v) is 6.45. The number of imide groups is 1. The molecule has 0 N–H and O–H groups in total. The van der Waals surface area contributed by atoms with Crippen molar-refractivity contribution in [3.8, 4) is 17.7 Å². The van der Waals surface area contributed by atoms with E-state index in [0.717, 1.165) is 22.0 Å². The second kappa shape index (κ2) is 7.94. The average molecular weight is 481 g/mol. The third-order valence-electron chi connectivity index (χ3n) is 4.85. The number of hydrogen-bond donors (Lipinski definition) is 1. The quantitative estimate of drug-likeness (QED) is 0.570. The lowest BCUT2D eigenvalue weighted by molar-refractivity contribution is 0.143. The summed E-state index contributed by atoms with van der Waals surface area (Å²) in [4.78, 5) is 49.1. The van der Waals surface area contributed by atoms with Gasteiger partial charge in [0.05, 0.1) is 36.2 Å². The number of halogens is 1. The van der Waals surface area contributed by atoms with E-state index in [2.05, 4.69) is 22.6 Å². The van der Waals surface area contributed by atoms with E-state index in [1.165, 1.54) is 50.2 Å². The number of fused-ring (bicyclic) bond motifs is 1. The molecule has 1 saturated heterocycles. The van der Waals surface area contributed by atoms with Gasteiger partial charge in [0.1, 0.15) is 5.82 Å². The lowest BCUT2D eigenvalue weighted by Gasteiger charge is -2.41. The van der Waals surface area contributed by atoms with Gasteiger partial charge in [0.15, 0.2) is 5.50 Å². The van der Waals surface area contributed by atoms with Crippen molar-refractivity contribution >= 4 is 51.9 Å². The Morgan fingerprint density at radius 2 is 1.56 bits per heavy atom. The van der Waals surface area contributed by atoms with E-state index in [-0.39, 0.29) is 33.6 Å². The predicted molar refractivity (Wildman–Crippen MR) is 118 cm³/mol. The Bertz CT molecular complexity index is 1270. The standard InChI is InChI=1S/C18H17FN6O5S2/c1-22-15(26)25(16(27)23(2)17(22)31)9-6-10-11(5-8(9)19)32-18(28)24(10)14-20-12(29-3)7-13(21-14)30-4/h5-7,17,31H,1-4H3. The van der Waals surface area contributed by atoms with Gasteiger partial charge in [-0.1, -0.05) is 11.3 Å². The summed E-state index contributed by atoms with van der Waals surface area (Å²) in [5.41, 5.74) is -0.937. The molecule has 0 atom stereocenters. The number of ether oxygens (including phenoxy) is 2. The van der Waals surface area contributed by atoms with E-state index in [0.29, 0.717) is 4.90 Å². The number of thiazole rings is 1. The first-order valence-electron chi connectivity index (χ1n) is 9.02. The molecule has 4 amide bonds. The highest BCUT2D eigenvalue weighted by atomic mass is 32.1. The van der Waals surface area contributed by atoms with E-state index in [9.17, 15) is 14.4 Å². The summed E-state index contributed by atoms with van der Waals surface area (Å²) in [5, 5.41) is 0. The minimum Gasteiger partial charge on any atom is -0.481 e. The van der Waals surface area contributed by atoms with Crippen LogP contribution in [-0.2, 0) is 0 Å². The Balaban J connectivity index is 1.94. The number of methoxy groups -OCH3 is 2. The van der Waals surface area contributed by atoms with Gasteiger partial charge in [0, 0.05) is 14.1 Å². The van der Waals surface area contributed by atoms with Crippen LogP contribution in [-0.4, -0.2) is 70.2 Å². The Labute approximate surface area is 190 Å². The molecule has 1 aromatic carbocycles. The molecule has 0 aliphatic carbocycles. The number of urea groups is 2. The number of benzene rings is 1. The van der Waals surface area contributed by atoms with Crippen LogP contribution in [0.4, 0.5) is 19.7 Å². The second-order valence-electron chi connectivity index (χ2n) is 6.70. The summed E-state index contributed by atoms with van der Waals surface area (Å²) >= 11 is 4.98. The zero-order valence-electron chi connectivity index (χ0n) is 17.3. The highest BCUT2D eigenvalue weighted by Crippen LogP contribution is 2.32. The molecule has 0 radical (unpaired) electrons. The number of rotatable bonds is 4. The van der Waals surface area contributed by atoms with Crippen LogP contribution in [0.25, 0.3) is 16.2 Å². The smallest absolute Gasteiger partial charge is 0.334 e. The SMILES string of the molecule is COc1cc(OC)nc(-n2c(=O)sc3cc(F)c(N4C(=O)N(C)C(S)N(C)C4=O)cc32)n1. The molecule has 14 heteroatoms. The monoisotopic (exact) mass is 480 g/mol. The van der Waals surface area contributed by atoms with Gasteiger partial charge in [0.25, 0.3) is 0 Å². The third kappa shape index (κ3) is 3.31. The molecule has 0 unspecified atom stereocenters. The van der Waals surface area contributed by atoms with Crippen molar-refractivity contribution < 1.29 is 23.5 Å². The van der Waals surface area contributed by atoms with E-state index >= 15 is 4.39 Å². The van der Waals surface area contributed by atoms with Crippen LogP contribution in [0.2, 0.25) is 0 Å². The van der Waals surface area contributed by atoms with Gasteiger partial charge in [-0.15, -0.1) is 12.6 Å². The first-order valence-corrected chi connectivity index (χ1v) is 10.4. The fourth-order valence-electron chi connectivity index (χ4n) is 3.15. The number of hydrogen-bond acceptors (Lipinski definition) is 9. The van der Waals surface area contributed by atoms with Crippen LogP contribution in [0.1, 0.15) is 0 Å². The molecular formula is C18H17FN6O5S2. The van der Waals surface area contributed by atoms with Crippen LogP contribution in [0.15, 0.2) is 23.0 Å². The molecule has 168 valence electrons. The number of aromatic nitrogens is 3. The number of anilines is 1. The van der Waals surface area contributed by atoms with Crippen molar-refractivity contribution in [1.82, 2.24) is 24.3 Å². The van der Waals surface area contributed by atoms with E-state index < -0.39 is 28.3 Å². The highest BCUT2D eigenvalue weighted by molar-refractivity contribution is 7.80. The lowest BCUT2D eigenvalue weighted by atomic mass is 10.2. The Kier molecular flexibility index (Phi) is 5.42. The van der Waals surface area contributed by atoms with Gasteiger partial charge >= 0.3 is 16.9 Å². The lowest BCUT2D eigenvalue weighted by Crippen LogP contribution is -2.62. The maximum atomic E-state index is 15.0. The molecule has 3 aromatic rings. The Morgan fingerprint density at radius 3 is 2.09 bits per heavy atom. The number of amides is 4. The zero-order chi connectivity index (χ0) is 23.3. The van der Waals surface area contributed by atoms with Gasteiger partial charge < -0.3 is 9.47 Å². The van der Waals surface area contributed by atoms with Crippen LogP contribution in [0.3, 0.4) is 0 Å². The number of nitrogens with zero attached hydrogens (tertiary/aromatic N) is 6. The molecule has 32 heavy (non-hydrogen) atoms. The normalized spacial score (nSPS) is 15.1. The molecule has 0 bridgehead atoms. The first kappa shape index (κ1) is 21.8. The number of thiol groups is 1. The summed E-state index contributed by atoms with van der Waals surface area (Å²) in [7, 11) is 5.65. The van der Waals surface area contributed by atoms with Crippen molar-refractivity contribution in [3.05, 3.63) is 33.7 Å². The van der Waals surface area contributed by atoms with Crippen molar-refractivity contribution in [2.45, 2.75) is 5.50 Å². The molecule has 11 nitrogen and oxygen atoms in total. The van der Waals surface area contributed by atoms with Crippen LogP contribution < -0.4 is 19.2 Å². The van der Waals surface area contributed by atoms with Gasteiger partial charge in [-0.05, 0) is 12.1 Å². The van der Waals surface area contributed by atoms with Gasteiger partial charge in [-0.25, -0.2) is 23.4 Å². The largest absolute Gasteiger partial charge is 0.481 e. The van der Waals surface area contributed by atoms with Crippen LogP contribution in [0, 0.1) is 5.82 Å². The molecule has 2 aromatic heterocycles.